The van der Waals surface area contributed by atoms with Crippen LogP contribution in [0, 0.1) is 11.3 Å². The van der Waals surface area contributed by atoms with Crippen LogP contribution >= 0.6 is 0 Å². The molecule has 1 rings (SSSR count). The van der Waals surface area contributed by atoms with E-state index >= 15 is 0 Å². The van der Waals surface area contributed by atoms with Crippen LogP contribution in [0.3, 0.4) is 0 Å². The van der Waals surface area contributed by atoms with Gasteiger partial charge < -0.3 is 16.2 Å². The summed E-state index contributed by atoms with van der Waals surface area (Å²) in [5, 5.41) is 8.60. The van der Waals surface area contributed by atoms with Gasteiger partial charge in [-0.2, -0.15) is 5.26 Å². The summed E-state index contributed by atoms with van der Waals surface area (Å²) in [5.41, 5.74) is 13.1. The summed E-state index contributed by atoms with van der Waals surface area (Å²) in [5.74, 6) is 0.717. The second kappa shape index (κ2) is 5.35. The monoisotopic (exact) mass is 205 g/mol. The molecule has 0 bridgehead atoms. The fourth-order valence-corrected chi connectivity index (χ4v) is 1.40. The van der Waals surface area contributed by atoms with Crippen molar-refractivity contribution in [3.05, 3.63) is 29.3 Å². The lowest BCUT2D eigenvalue weighted by Crippen LogP contribution is -2.21. The molecule has 1 aromatic rings. The van der Waals surface area contributed by atoms with Crippen molar-refractivity contribution in [2.75, 3.05) is 13.7 Å². The number of hydrogen-bond acceptors (Lipinski definition) is 4. The van der Waals surface area contributed by atoms with Crippen molar-refractivity contribution in [2.24, 2.45) is 11.5 Å². The molecule has 1 atom stereocenters. The standard InChI is InChI=1S/C11H15N3O/c1-15-11-3-2-8(4-5-12)6-9(11)10(14)7-13/h2-3,6,10H,4,7,13-14H2,1H3/t10-/m0/s1. The summed E-state index contributed by atoms with van der Waals surface area (Å²) in [6.45, 7) is 0.354. The molecule has 0 fully saturated rings. The Hall–Kier alpha value is -1.57. The minimum Gasteiger partial charge on any atom is -0.496 e. The molecule has 15 heavy (non-hydrogen) atoms. The Balaban J connectivity index is 3.08. The van der Waals surface area contributed by atoms with E-state index < -0.39 is 0 Å². The molecule has 4 heteroatoms. The smallest absolute Gasteiger partial charge is 0.123 e. The van der Waals surface area contributed by atoms with Crippen LogP contribution in [0.25, 0.3) is 0 Å². The van der Waals surface area contributed by atoms with Crippen LogP contribution in [0.1, 0.15) is 17.2 Å². The molecule has 0 aliphatic rings. The maximum Gasteiger partial charge on any atom is 0.123 e. The van der Waals surface area contributed by atoms with Crippen molar-refractivity contribution in [3.63, 3.8) is 0 Å². The Kier molecular flexibility index (Phi) is 4.10. The molecule has 0 saturated carbocycles. The first-order valence-corrected chi connectivity index (χ1v) is 4.72. The molecule has 4 N–H and O–H groups in total. The molecule has 0 unspecified atom stereocenters. The van der Waals surface area contributed by atoms with Gasteiger partial charge >= 0.3 is 0 Å². The highest BCUT2D eigenvalue weighted by Gasteiger charge is 2.10. The highest BCUT2D eigenvalue weighted by Crippen LogP contribution is 2.24. The van der Waals surface area contributed by atoms with Crippen LogP contribution in [-0.4, -0.2) is 13.7 Å². The zero-order valence-electron chi connectivity index (χ0n) is 8.73. The maximum absolute atomic E-state index is 8.60. The van der Waals surface area contributed by atoms with Gasteiger partial charge in [-0.1, -0.05) is 6.07 Å². The van der Waals surface area contributed by atoms with Crippen molar-refractivity contribution in [1.82, 2.24) is 0 Å². The van der Waals surface area contributed by atoms with Gasteiger partial charge in [-0.25, -0.2) is 0 Å². The third-order valence-corrected chi connectivity index (χ3v) is 2.23. The first kappa shape index (κ1) is 11.5. The van der Waals surface area contributed by atoms with Crippen molar-refractivity contribution in [3.8, 4) is 11.8 Å². The molecule has 1 aromatic carbocycles. The van der Waals surface area contributed by atoms with Crippen molar-refractivity contribution < 1.29 is 4.74 Å². The van der Waals surface area contributed by atoms with Crippen molar-refractivity contribution >= 4 is 0 Å². The minimum atomic E-state index is -0.251. The molecule has 0 spiro atoms. The second-order valence-electron chi connectivity index (χ2n) is 3.25. The van der Waals surface area contributed by atoms with E-state index in [1.54, 1.807) is 7.11 Å². The molecular formula is C11H15N3O. The molecule has 0 aliphatic carbocycles. The van der Waals surface area contributed by atoms with Crippen LogP contribution < -0.4 is 16.2 Å². The molecule has 0 radical (unpaired) electrons. The second-order valence-corrected chi connectivity index (χ2v) is 3.25. The Bertz CT molecular complexity index is 371. The van der Waals surface area contributed by atoms with Gasteiger partial charge in [-0.05, 0) is 17.7 Å². The van der Waals surface area contributed by atoms with Gasteiger partial charge in [0.25, 0.3) is 0 Å². The molecule has 0 amide bonds. The lowest BCUT2D eigenvalue weighted by molar-refractivity contribution is 0.406. The average Bonchev–Trinajstić information content (AvgIpc) is 2.28. The summed E-state index contributed by atoms with van der Waals surface area (Å²) in [6, 6.07) is 7.39. The molecule has 0 saturated heterocycles. The number of hydrogen-bond donors (Lipinski definition) is 2. The molecule has 80 valence electrons. The van der Waals surface area contributed by atoms with E-state index in [9.17, 15) is 0 Å². The summed E-state index contributed by atoms with van der Waals surface area (Å²) < 4.78 is 5.18. The largest absolute Gasteiger partial charge is 0.496 e. The van der Waals surface area contributed by atoms with Crippen LogP contribution in [0.15, 0.2) is 18.2 Å². The summed E-state index contributed by atoms with van der Waals surface area (Å²) in [4.78, 5) is 0. The normalized spacial score (nSPS) is 11.9. The lowest BCUT2D eigenvalue weighted by Gasteiger charge is -2.14. The van der Waals surface area contributed by atoms with Gasteiger partial charge in [0.05, 0.1) is 19.6 Å². The highest BCUT2D eigenvalue weighted by molar-refractivity contribution is 5.40. The fraction of sp³-hybridized carbons (Fsp3) is 0.364. The topological polar surface area (TPSA) is 85.1 Å². The molecule has 4 nitrogen and oxygen atoms in total. The van der Waals surface area contributed by atoms with Gasteiger partial charge in [0.1, 0.15) is 5.75 Å². The van der Waals surface area contributed by atoms with Gasteiger partial charge in [-0.15, -0.1) is 0 Å². The predicted octanol–water partition coefficient (Wildman–Crippen LogP) is 0.720. The number of ether oxygens (including phenoxy) is 1. The van der Waals surface area contributed by atoms with E-state index in [1.165, 1.54) is 0 Å². The van der Waals surface area contributed by atoms with E-state index in [1.807, 2.05) is 18.2 Å². The van der Waals surface area contributed by atoms with Crippen molar-refractivity contribution in [2.45, 2.75) is 12.5 Å². The Morgan fingerprint density at radius 2 is 2.27 bits per heavy atom. The number of methoxy groups -OCH3 is 1. The van der Waals surface area contributed by atoms with E-state index in [2.05, 4.69) is 6.07 Å². The number of nitriles is 1. The first-order chi connectivity index (χ1) is 7.22. The van der Waals surface area contributed by atoms with Crippen LogP contribution in [-0.2, 0) is 6.42 Å². The molecule has 0 aliphatic heterocycles. The number of benzene rings is 1. The van der Waals surface area contributed by atoms with E-state index in [-0.39, 0.29) is 6.04 Å². The Labute approximate surface area is 89.4 Å². The zero-order chi connectivity index (χ0) is 11.3. The van der Waals surface area contributed by atoms with Crippen LogP contribution in [0.4, 0.5) is 0 Å². The Morgan fingerprint density at radius 1 is 1.53 bits per heavy atom. The summed E-state index contributed by atoms with van der Waals surface area (Å²) >= 11 is 0. The van der Waals surface area contributed by atoms with Crippen LogP contribution in [0.2, 0.25) is 0 Å². The van der Waals surface area contributed by atoms with Crippen LogP contribution in [0.5, 0.6) is 5.75 Å². The third-order valence-electron chi connectivity index (χ3n) is 2.23. The van der Waals surface area contributed by atoms with Gasteiger partial charge in [-0.3, -0.25) is 0 Å². The SMILES string of the molecule is COc1ccc(CC#N)cc1[C@@H](N)CN. The van der Waals surface area contributed by atoms with Crippen molar-refractivity contribution in [1.29, 1.82) is 5.26 Å². The number of rotatable bonds is 4. The van der Waals surface area contributed by atoms with E-state index in [0.29, 0.717) is 13.0 Å². The average molecular weight is 205 g/mol. The van der Waals surface area contributed by atoms with Gasteiger partial charge in [0, 0.05) is 18.2 Å². The molecule has 0 aromatic heterocycles. The summed E-state index contributed by atoms with van der Waals surface area (Å²) in [6.07, 6.45) is 0.369. The van der Waals surface area contributed by atoms with E-state index in [0.717, 1.165) is 16.9 Å². The number of nitrogens with two attached hydrogens (primary N) is 2. The third kappa shape index (κ3) is 2.69. The van der Waals surface area contributed by atoms with E-state index in [4.69, 9.17) is 21.5 Å². The lowest BCUT2D eigenvalue weighted by atomic mass is 10.0. The van der Waals surface area contributed by atoms with Gasteiger partial charge in [0.2, 0.25) is 0 Å². The quantitative estimate of drug-likeness (QED) is 0.758. The molecular weight excluding hydrogens is 190 g/mol. The predicted molar refractivity (Wildman–Crippen MR) is 58.3 cm³/mol. The fourth-order valence-electron chi connectivity index (χ4n) is 1.40. The minimum absolute atomic E-state index is 0.251. The first-order valence-electron chi connectivity index (χ1n) is 4.72. The molecule has 0 heterocycles. The highest BCUT2D eigenvalue weighted by atomic mass is 16.5. The number of nitrogens with zero attached hydrogens (tertiary/aromatic N) is 1. The maximum atomic E-state index is 8.60. The summed E-state index contributed by atoms with van der Waals surface area (Å²) in [7, 11) is 1.59. The van der Waals surface area contributed by atoms with Gasteiger partial charge in [0.15, 0.2) is 0 Å². The Morgan fingerprint density at radius 3 is 2.80 bits per heavy atom. The zero-order valence-corrected chi connectivity index (χ0v) is 8.73.